The molecule has 0 bridgehead atoms. The second kappa shape index (κ2) is 13.7. The van der Waals surface area contributed by atoms with E-state index < -0.39 is 0 Å². The number of benzene rings is 3. The molecule has 0 radical (unpaired) electrons. The second-order valence-corrected chi connectivity index (χ2v) is 9.85. The van der Waals surface area contributed by atoms with Crippen molar-refractivity contribution in [3.05, 3.63) is 59.2 Å². The van der Waals surface area contributed by atoms with E-state index in [1.807, 2.05) is 0 Å². The molecule has 0 saturated carbocycles. The lowest BCUT2D eigenvalue weighted by molar-refractivity contribution is 0.641. The second-order valence-electron chi connectivity index (χ2n) is 9.85. The van der Waals surface area contributed by atoms with Gasteiger partial charge in [0.05, 0.1) is 0 Å². The quantitative estimate of drug-likeness (QED) is 0.166. The van der Waals surface area contributed by atoms with E-state index in [-0.39, 0.29) is 0 Å². The van der Waals surface area contributed by atoms with Crippen LogP contribution in [0.25, 0.3) is 21.5 Å². The van der Waals surface area contributed by atoms with Crippen LogP contribution in [0.5, 0.6) is 0 Å². The SMILES string of the molecule is CCCCCCc1cc2cc3ccccc3cc2c(CCCCCC)c1CCCCCC. The first-order chi connectivity index (χ1) is 15.8. The summed E-state index contributed by atoms with van der Waals surface area (Å²) in [5.41, 5.74) is 5.06. The lowest BCUT2D eigenvalue weighted by Gasteiger charge is -2.20. The zero-order valence-corrected chi connectivity index (χ0v) is 21.1. The Balaban J connectivity index is 2.03. The average molecular weight is 431 g/mol. The molecule has 3 aromatic rings. The third-order valence-corrected chi connectivity index (χ3v) is 7.18. The number of hydrogen-bond donors (Lipinski definition) is 0. The van der Waals surface area contributed by atoms with Crippen LogP contribution in [0, 0.1) is 0 Å². The molecule has 0 amide bonds. The van der Waals surface area contributed by atoms with Crippen molar-refractivity contribution in [1.82, 2.24) is 0 Å². The van der Waals surface area contributed by atoms with Crippen molar-refractivity contribution in [3.8, 4) is 0 Å². The molecule has 0 saturated heterocycles. The highest BCUT2D eigenvalue weighted by Crippen LogP contribution is 2.33. The molecule has 0 heteroatoms. The maximum Gasteiger partial charge on any atom is -0.0143 e. The van der Waals surface area contributed by atoms with E-state index in [0.29, 0.717) is 0 Å². The fourth-order valence-electron chi connectivity index (χ4n) is 5.29. The Kier molecular flexibility index (Phi) is 10.6. The molecule has 0 nitrogen and oxygen atoms in total. The molecular formula is C32H46. The predicted molar refractivity (Wildman–Crippen MR) is 145 cm³/mol. The lowest BCUT2D eigenvalue weighted by Crippen LogP contribution is -2.04. The zero-order valence-electron chi connectivity index (χ0n) is 21.1. The van der Waals surface area contributed by atoms with Gasteiger partial charge >= 0.3 is 0 Å². The van der Waals surface area contributed by atoms with Gasteiger partial charge in [-0.3, -0.25) is 0 Å². The molecule has 3 aromatic carbocycles. The van der Waals surface area contributed by atoms with Crippen molar-refractivity contribution in [3.63, 3.8) is 0 Å². The molecule has 0 spiro atoms. The fraction of sp³-hybridized carbons (Fsp3) is 0.562. The molecule has 0 aromatic heterocycles. The van der Waals surface area contributed by atoms with Crippen LogP contribution in [-0.4, -0.2) is 0 Å². The molecule has 32 heavy (non-hydrogen) atoms. The van der Waals surface area contributed by atoms with E-state index in [4.69, 9.17) is 0 Å². The van der Waals surface area contributed by atoms with Crippen molar-refractivity contribution >= 4 is 21.5 Å². The average Bonchev–Trinajstić information content (AvgIpc) is 2.81. The zero-order chi connectivity index (χ0) is 22.6. The molecule has 0 aliphatic carbocycles. The maximum absolute atomic E-state index is 2.57. The Morgan fingerprint density at radius 3 is 1.59 bits per heavy atom. The Bertz CT molecular complexity index is 949. The first-order valence-corrected chi connectivity index (χ1v) is 13.7. The van der Waals surface area contributed by atoms with Crippen molar-refractivity contribution in [1.29, 1.82) is 0 Å². The van der Waals surface area contributed by atoms with Gasteiger partial charge in [-0.15, -0.1) is 0 Å². The Hall–Kier alpha value is -1.82. The fourth-order valence-corrected chi connectivity index (χ4v) is 5.29. The smallest absolute Gasteiger partial charge is 0.0143 e. The summed E-state index contributed by atoms with van der Waals surface area (Å²) < 4.78 is 0. The molecule has 0 unspecified atom stereocenters. The number of rotatable bonds is 15. The maximum atomic E-state index is 2.57. The first kappa shape index (κ1) is 24.8. The van der Waals surface area contributed by atoms with E-state index >= 15 is 0 Å². The normalized spacial score (nSPS) is 11.6. The molecule has 174 valence electrons. The highest BCUT2D eigenvalue weighted by atomic mass is 14.2. The molecule has 0 aliphatic heterocycles. The summed E-state index contributed by atoms with van der Waals surface area (Å²) in [5.74, 6) is 0. The Morgan fingerprint density at radius 2 is 1.00 bits per heavy atom. The van der Waals surface area contributed by atoms with Gasteiger partial charge in [0, 0.05) is 0 Å². The van der Waals surface area contributed by atoms with Crippen molar-refractivity contribution in [2.75, 3.05) is 0 Å². The first-order valence-electron chi connectivity index (χ1n) is 13.7. The van der Waals surface area contributed by atoms with E-state index in [9.17, 15) is 0 Å². The monoisotopic (exact) mass is 430 g/mol. The number of hydrogen-bond acceptors (Lipinski definition) is 0. The Morgan fingerprint density at radius 1 is 0.469 bits per heavy atom. The highest BCUT2D eigenvalue weighted by Gasteiger charge is 2.14. The largest absolute Gasteiger partial charge is 0.0654 e. The van der Waals surface area contributed by atoms with Gasteiger partial charge in [-0.25, -0.2) is 0 Å². The van der Waals surface area contributed by atoms with Crippen molar-refractivity contribution in [2.45, 2.75) is 117 Å². The van der Waals surface area contributed by atoms with Crippen molar-refractivity contribution < 1.29 is 0 Å². The van der Waals surface area contributed by atoms with Gasteiger partial charge in [-0.2, -0.15) is 0 Å². The number of aryl methyl sites for hydroxylation is 2. The van der Waals surface area contributed by atoms with Crippen LogP contribution < -0.4 is 0 Å². The van der Waals surface area contributed by atoms with Crippen LogP contribution in [0.1, 0.15) is 115 Å². The lowest BCUT2D eigenvalue weighted by atomic mass is 9.85. The Labute approximate surface area is 197 Å². The summed E-state index contributed by atoms with van der Waals surface area (Å²) >= 11 is 0. The standard InChI is InChI=1S/C32H46/c1-4-7-10-13-20-28-24-29-23-26-18-16-17-19-27(26)25-32(29)31(22-15-12-9-6-3)30(28)21-14-11-8-5-2/h16-19,23-25H,4-15,20-22H2,1-3H3. The van der Waals surface area contributed by atoms with Crippen LogP contribution in [-0.2, 0) is 19.3 Å². The van der Waals surface area contributed by atoms with Gasteiger partial charge in [0.1, 0.15) is 0 Å². The molecule has 0 N–H and O–H groups in total. The number of fused-ring (bicyclic) bond motifs is 2. The van der Waals surface area contributed by atoms with E-state index in [2.05, 4.69) is 63.2 Å². The van der Waals surface area contributed by atoms with Crippen LogP contribution in [0.4, 0.5) is 0 Å². The minimum Gasteiger partial charge on any atom is -0.0654 e. The van der Waals surface area contributed by atoms with Crippen molar-refractivity contribution in [2.24, 2.45) is 0 Å². The molecular weight excluding hydrogens is 384 g/mol. The van der Waals surface area contributed by atoms with E-state index in [0.717, 1.165) is 0 Å². The summed E-state index contributed by atoms with van der Waals surface area (Å²) in [7, 11) is 0. The van der Waals surface area contributed by atoms with Crippen LogP contribution in [0.2, 0.25) is 0 Å². The van der Waals surface area contributed by atoms with Gasteiger partial charge in [-0.1, -0.05) is 109 Å². The van der Waals surface area contributed by atoms with Gasteiger partial charge in [0.15, 0.2) is 0 Å². The van der Waals surface area contributed by atoms with Crippen LogP contribution in [0.15, 0.2) is 42.5 Å². The van der Waals surface area contributed by atoms with Gasteiger partial charge in [0.25, 0.3) is 0 Å². The number of unbranched alkanes of at least 4 members (excludes halogenated alkanes) is 9. The minimum absolute atomic E-state index is 1.25. The predicted octanol–water partition coefficient (Wildman–Crippen LogP) is 10.4. The highest BCUT2D eigenvalue weighted by molar-refractivity contribution is 6.00. The summed E-state index contributed by atoms with van der Waals surface area (Å²) in [6, 6.07) is 16.4. The molecule has 0 aliphatic rings. The van der Waals surface area contributed by atoms with E-state index in [1.54, 1.807) is 16.7 Å². The summed E-state index contributed by atoms with van der Waals surface area (Å²) in [6.45, 7) is 6.95. The topological polar surface area (TPSA) is 0 Å². The minimum atomic E-state index is 1.25. The molecule has 0 heterocycles. The van der Waals surface area contributed by atoms with Gasteiger partial charge in [0.2, 0.25) is 0 Å². The van der Waals surface area contributed by atoms with Gasteiger partial charge in [-0.05, 0) is 88.9 Å². The van der Waals surface area contributed by atoms with Crippen LogP contribution in [0.3, 0.4) is 0 Å². The van der Waals surface area contributed by atoms with Crippen LogP contribution >= 0.6 is 0 Å². The van der Waals surface area contributed by atoms with Gasteiger partial charge < -0.3 is 0 Å². The van der Waals surface area contributed by atoms with E-state index in [1.165, 1.54) is 118 Å². The summed E-state index contributed by atoms with van der Waals surface area (Å²) in [5, 5.41) is 5.77. The summed E-state index contributed by atoms with van der Waals surface area (Å²) in [4.78, 5) is 0. The summed E-state index contributed by atoms with van der Waals surface area (Å²) in [6.07, 6.45) is 19.9. The molecule has 0 fully saturated rings. The third-order valence-electron chi connectivity index (χ3n) is 7.18. The third kappa shape index (κ3) is 6.84. The molecule has 3 rings (SSSR count). The molecule has 0 atom stereocenters.